The highest BCUT2D eigenvalue weighted by Gasteiger charge is 2.31. The van der Waals surface area contributed by atoms with E-state index in [0.29, 0.717) is 5.75 Å². The van der Waals surface area contributed by atoms with Crippen LogP contribution in [0.4, 0.5) is 4.53 Å². The van der Waals surface area contributed by atoms with Crippen LogP contribution in [0.25, 0.3) is 0 Å². The van der Waals surface area contributed by atoms with Gasteiger partial charge in [-0.2, -0.15) is 0 Å². The number of benzene rings is 2. The Hall–Kier alpha value is -1.44. The first-order valence-electron chi connectivity index (χ1n) is 11.4. The highest BCUT2D eigenvalue weighted by Crippen LogP contribution is 2.46. The van der Waals surface area contributed by atoms with Crippen LogP contribution in [-0.2, 0) is 26.4 Å². The molecule has 0 aliphatic heterocycles. The zero-order valence-electron chi connectivity index (χ0n) is 22.1. The third kappa shape index (κ3) is 6.33. The van der Waals surface area contributed by atoms with Crippen molar-refractivity contribution in [3.63, 3.8) is 0 Å². The average molecular weight is 461 g/mol. The van der Waals surface area contributed by atoms with Crippen LogP contribution in [0.5, 0.6) is 5.75 Å². The van der Waals surface area contributed by atoms with Gasteiger partial charge in [0.15, 0.2) is 0 Å². The van der Waals surface area contributed by atoms with Crippen molar-refractivity contribution in [2.45, 2.75) is 105 Å². The van der Waals surface area contributed by atoms with Gasteiger partial charge in [-0.25, -0.2) is 0 Å². The Kier molecular flexibility index (Phi) is 7.60. The first kappa shape index (κ1) is 26.8. The Balaban J connectivity index is 2.60. The Morgan fingerprint density at radius 3 is 1.44 bits per heavy atom. The van der Waals surface area contributed by atoms with Crippen molar-refractivity contribution in [1.29, 1.82) is 0 Å². The SMILES string of the molecule is CC(C)(C)c1ccc(OP(OF)c2ccc(C(C)(C)C)cc2C(C)(C)C)c(C(C)(C)C)c1. The lowest BCUT2D eigenvalue weighted by Gasteiger charge is -2.30. The molecule has 2 aromatic rings. The number of hydrogen-bond acceptors (Lipinski definition) is 2. The highest BCUT2D eigenvalue weighted by molar-refractivity contribution is 7.56. The molecule has 1 atom stereocenters. The normalized spacial score (nSPS) is 14.4. The number of halogens is 1. The van der Waals surface area contributed by atoms with Gasteiger partial charge in [0.1, 0.15) is 5.75 Å². The highest BCUT2D eigenvalue weighted by atomic mass is 31.2. The molecule has 2 rings (SSSR count). The molecule has 0 bridgehead atoms. The topological polar surface area (TPSA) is 18.5 Å². The summed E-state index contributed by atoms with van der Waals surface area (Å²) in [5.74, 6) is 0.675. The van der Waals surface area contributed by atoms with E-state index in [1.165, 1.54) is 11.1 Å². The van der Waals surface area contributed by atoms with Crippen LogP contribution in [0, 0.1) is 0 Å². The predicted molar refractivity (Wildman–Crippen MR) is 137 cm³/mol. The molecular formula is C28H42FO2P. The van der Waals surface area contributed by atoms with Gasteiger partial charge in [0.25, 0.3) is 0 Å². The van der Waals surface area contributed by atoms with E-state index in [4.69, 9.17) is 4.52 Å². The van der Waals surface area contributed by atoms with Crippen molar-refractivity contribution in [2.75, 3.05) is 0 Å². The summed E-state index contributed by atoms with van der Waals surface area (Å²) in [6.07, 6.45) is 0. The van der Waals surface area contributed by atoms with E-state index < -0.39 is 8.38 Å². The zero-order valence-corrected chi connectivity index (χ0v) is 23.0. The molecule has 1 unspecified atom stereocenters. The van der Waals surface area contributed by atoms with Crippen LogP contribution in [0.15, 0.2) is 36.4 Å². The first-order chi connectivity index (χ1) is 14.4. The van der Waals surface area contributed by atoms with Crippen LogP contribution in [-0.4, -0.2) is 0 Å². The molecule has 0 heterocycles. The smallest absolute Gasteiger partial charge is 0.304 e. The molecule has 0 saturated carbocycles. The quantitative estimate of drug-likeness (QED) is 0.424. The summed E-state index contributed by atoms with van der Waals surface area (Å²) in [4.78, 5) is 0. The molecule has 2 nitrogen and oxygen atoms in total. The van der Waals surface area contributed by atoms with E-state index >= 15 is 0 Å². The van der Waals surface area contributed by atoms with Gasteiger partial charge in [0, 0.05) is 10.9 Å². The minimum absolute atomic E-state index is 0.000899. The Labute approximate surface area is 196 Å². The summed E-state index contributed by atoms with van der Waals surface area (Å²) in [6, 6.07) is 12.5. The fourth-order valence-electron chi connectivity index (χ4n) is 3.61. The third-order valence-electron chi connectivity index (χ3n) is 5.76. The largest absolute Gasteiger partial charge is 0.442 e. The number of hydrogen-bond donors (Lipinski definition) is 0. The fraction of sp³-hybridized carbons (Fsp3) is 0.571. The summed E-state index contributed by atoms with van der Waals surface area (Å²) in [7, 11) is -1.93. The maximum atomic E-state index is 14.0. The lowest BCUT2D eigenvalue weighted by atomic mass is 9.80. The summed E-state index contributed by atoms with van der Waals surface area (Å²) >= 11 is 0. The maximum Gasteiger partial charge on any atom is 0.304 e. The molecular weight excluding hydrogens is 418 g/mol. The van der Waals surface area contributed by atoms with Gasteiger partial charge < -0.3 is 4.52 Å². The second-order valence-corrected chi connectivity index (χ2v) is 14.2. The molecule has 4 heteroatoms. The van der Waals surface area contributed by atoms with Gasteiger partial charge in [0.2, 0.25) is 0 Å². The lowest BCUT2D eigenvalue weighted by molar-refractivity contribution is 0.000750. The molecule has 0 fully saturated rings. The van der Waals surface area contributed by atoms with E-state index in [0.717, 1.165) is 16.4 Å². The number of rotatable bonds is 4. The van der Waals surface area contributed by atoms with E-state index in [-0.39, 0.29) is 21.7 Å². The minimum atomic E-state index is -1.93. The maximum absolute atomic E-state index is 14.0. The molecule has 0 aliphatic rings. The van der Waals surface area contributed by atoms with E-state index in [9.17, 15) is 4.53 Å². The van der Waals surface area contributed by atoms with Crippen LogP contribution in [0.3, 0.4) is 0 Å². The summed E-state index contributed by atoms with van der Waals surface area (Å²) in [5, 5.41) is 0.780. The fourth-order valence-corrected chi connectivity index (χ4v) is 4.95. The first-order valence-corrected chi connectivity index (χ1v) is 12.6. The van der Waals surface area contributed by atoms with Gasteiger partial charge in [0.05, 0.1) is 0 Å². The Morgan fingerprint density at radius 2 is 1.03 bits per heavy atom. The minimum Gasteiger partial charge on any atom is -0.442 e. The van der Waals surface area contributed by atoms with Gasteiger partial charge in [-0.05, 0) is 55.0 Å². The van der Waals surface area contributed by atoms with Crippen molar-refractivity contribution in [1.82, 2.24) is 0 Å². The van der Waals surface area contributed by atoms with Crippen molar-refractivity contribution >= 4 is 13.7 Å². The zero-order chi connectivity index (χ0) is 24.7. The molecule has 2 aromatic carbocycles. The Morgan fingerprint density at radius 1 is 0.594 bits per heavy atom. The van der Waals surface area contributed by atoms with Crippen molar-refractivity contribution < 1.29 is 13.8 Å². The van der Waals surface area contributed by atoms with Crippen LogP contribution < -0.4 is 9.83 Å². The lowest BCUT2D eigenvalue weighted by Crippen LogP contribution is -2.25. The van der Waals surface area contributed by atoms with Crippen LogP contribution >= 0.6 is 8.38 Å². The standard InChI is InChI=1S/C28H42FO2P/c1-25(2,3)19-13-15-23(21(17-19)27(7,8)9)30-32(31-29)24-16-14-20(26(4,5)6)18-22(24)28(10,11)12/h13-18H,1-12H3. The second-order valence-electron chi connectivity index (χ2n) is 12.9. The molecule has 0 aromatic heterocycles. The van der Waals surface area contributed by atoms with Crippen LogP contribution in [0.1, 0.15) is 105 Å². The monoisotopic (exact) mass is 460 g/mol. The van der Waals surface area contributed by atoms with E-state index in [1.54, 1.807) is 0 Å². The van der Waals surface area contributed by atoms with E-state index in [2.05, 4.69) is 112 Å². The molecule has 0 spiro atoms. The average Bonchev–Trinajstić information content (AvgIpc) is 2.62. The van der Waals surface area contributed by atoms with Gasteiger partial charge in [-0.3, -0.25) is 0 Å². The molecule has 0 radical (unpaired) electrons. The van der Waals surface area contributed by atoms with E-state index in [1.807, 2.05) is 12.1 Å². The van der Waals surface area contributed by atoms with Gasteiger partial charge in [-0.15, -0.1) is 4.73 Å². The third-order valence-corrected chi connectivity index (χ3v) is 7.04. The van der Waals surface area contributed by atoms with Crippen molar-refractivity contribution in [3.05, 3.63) is 58.7 Å². The Bertz CT molecular complexity index is 938. The van der Waals surface area contributed by atoms with Gasteiger partial charge in [-0.1, -0.05) is 107 Å². The van der Waals surface area contributed by atoms with Crippen LogP contribution in [0.2, 0.25) is 0 Å². The summed E-state index contributed by atoms with van der Waals surface area (Å²) in [5.41, 5.74) is 4.23. The molecule has 178 valence electrons. The molecule has 32 heavy (non-hydrogen) atoms. The molecule has 0 aliphatic carbocycles. The summed E-state index contributed by atoms with van der Waals surface area (Å²) < 4.78 is 24.8. The summed E-state index contributed by atoms with van der Waals surface area (Å²) in [6.45, 7) is 26.0. The predicted octanol–water partition coefficient (Wildman–Crippen LogP) is 8.79. The van der Waals surface area contributed by atoms with Crippen molar-refractivity contribution in [2.24, 2.45) is 0 Å². The molecule has 0 N–H and O–H groups in total. The molecule has 0 amide bonds. The van der Waals surface area contributed by atoms with Crippen molar-refractivity contribution in [3.8, 4) is 5.75 Å². The molecule has 0 saturated heterocycles. The second kappa shape index (κ2) is 9.07. The van der Waals surface area contributed by atoms with Gasteiger partial charge >= 0.3 is 8.38 Å².